The Hall–Kier alpha value is -2.67. The van der Waals surface area contributed by atoms with E-state index in [9.17, 15) is 0 Å². The number of hydrogen-bond donors (Lipinski definition) is 1. The lowest BCUT2D eigenvalue weighted by Gasteiger charge is -2.09. The first-order valence-electron chi connectivity index (χ1n) is 9.57. The molecule has 4 rings (SSSR count). The highest BCUT2D eigenvalue weighted by molar-refractivity contribution is 6.35. The van der Waals surface area contributed by atoms with E-state index in [1.165, 1.54) is 5.56 Å². The minimum absolute atomic E-state index is 0.438. The van der Waals surface area contributed by atoms with Gasteiger partial charge in [0.1, 0.15) is 5.82 Å². The highest BCUT2D eigenvalue weighted by Crippen LogP contribution is 2.26. The quantitative estimate of drug-likeness (QED) is 0.453. The minimum Gasteiger partial charge on any atom is -0.348 e. The average molecular weight is 441 g/mol. The van der Waals surface area contributed by atoms with Crippen molar-refractivity contribution < 1.29 is 0 Å². The molecule has 0 saturated heterocycles. The van der Waals surface area contributed by atoms with Crippen molar-refractivity contribution >= 4 is 23.2 Å². The molecular formula is C22H22Cl2N6. The van der Waals surface area contributed by atoms with E-state index in [-0.39, 0.29) is 0 Å². The summed E-state index contributed by atoms with van der Waals surface area (Å²) >= 11 is 12.8. The topological polar surface area (TPSA) is 62.6 Å². The van der Waals surface area contributed by atoms with Gasteiger partial charge in [-0.3, -0.25) is 0 Å². The number of H-pyrrole nitrogens is 1. The van der Waals surface area contributed by atoms with Crippen LogP contribution in [0, 0.1) is 0 Å². The highest BCUT2D eigenvalue weighted by Gasteiger charge is 2.16. The number of hydrogen-bond acceptors (Lipinski definition) is 4. The molecule has 2 aromatic carbocycles. The molecule has 0 unspecified atom stereocenters. The number of halogens is 2. The van der Waals surface area contributed by atoms with Crippen molar-refractivity contribution in [3.63, 3.8) is 0 Å². The van der Waals surface area contributed by atoms with Gasteiger partial charge in [0.15, 0.2) is 5.82 Å². The summed E-state index contributed by atoms with van der Waals surface area (Å²) in [5.41, 5.74) is 3.99. The number of nitrogens with zero attached hydrogens (tertiary/aromatic N) is 5. The summed E-state index contributed by atoms with van der Waals surface area (Å²) in [6.45, 7) is 1.33. The summed E-state index contributed by atoms with van der Waals surface area (Å²) in [7, 11) is 4.11. The van der Waals surface area contributed by atoms with Crippen LogP contribution in [0.5, 0.6) is 0 Å². The molecule has 0 bridgehead atoms. The van der Waals surface area contributed by atoms with Crippen molar-refractivity contribution in [1.29, 1.82) is 0 Å². The van der Waals surface area contributed by atoms with Crippen LogP contribution < -0.4 is 0 Å². The predicted octanol–water partition coefficient (Wildman–Crippen LogP) is 4.68. The van der Waals surface area contributed by atoms with E-state index >= 15 is 0 Å². The van der Waals surface area contributed by atoms with Gasteiger partial charge in [0.05, 0.1) is 12.9 Å². The molecule has 6 nitrogen and oxygen atoms in total. The molecule has 8 heteroatoms. The normalized spacial score (nSPS) is 11.4. The second-order valence-electron chi connectivity index (χ2n) is 7.40. The Labute approximate surface area is 185 Å². The Morgan fingerprint density at radius 1 is 1.03 bits per heavy atom. The van der Waals surface area contributed by atoms with Gasteiger partial charge < -0.3 is 9.88 Å². The van der Waals surface area contributed by atoms with E-state index in [0.717, 1.165) is 29.2 Å². The van der Waals surface area contributed by atoms with Gasteiger partial charge in [-0.25, -0.2) is 14.6 Å². The molecule has 4 aromatic rings. The molecule has 30 heavy (non-hydrogen) atoms. The average Bonchev–Trinajstić information content (AvgIpc) is 3.36. The van der Waals surface area contributed by atoms with Gasteiger partial charge in [-0.05, 0) is 31.8 Å². The molecule has 0 spiro atoms. The van der Waals surface area contributed by atoms with Gasteiger partial charge in [0, 0.05) is 46.0 Å². The molecule has 0 saturated carbocycles. The summed E-state index contributed by atoms with van der Waals surface area (Å²) in [5.74, 6) is 1.48. The van der Waals surface area contributed by atoms with E-state index < -0.39 is 0 Å². The number of aromatic amines is 1. The molecule has 0 atom stereocenters. The van der Waals surface area contributed by atoms with Crippen LogP contribution >= 0.6 is 23.2 Å². The fraction of sp³-hybridized carbons (Fsp3) is 0.227. The van der Waals surface area contributed by atoms with E-state index in [2.05, 4.69) is 53.2 Å². The van der Waals surface area contributed by atoms with Crippen LogP contribution in [0.3, 0.4) is 0 Å². The number of benzene rings is 2. The van der Waals surface area contributed by atoms with Crippen LogP contribution in [-0.2, 0) is 19.5 Å². The van der Waals surface area contributed by atoms with Crippen molar-refractivity contribution in [3.05, 3.63) is 87.7 Å². The first-order chi connectivity index (χ1) is 14.5. The SMILES string of the molecule is CN(C)Cc1ccc(-c2nc(Cc3cnc[nH]3)n(Cc3c(Cl)cccc3Cl)n2)cc1. The van der Waals surface area contributed by atoms with E-state index in [0.29, 0.717) is 28.8 Å². The zero-order valence-corrected chi connectivity index (χ0v) is 18.3. The van der Waals surface area contributed by atoms with Crippen LogP contribution in [0.1, 0.15) is 22.6 Å². The molecule has 1 N–H and O–H groups in total. The number of aromatic nitrogens is 5. The van der Waals surface area contributed by atoms with Crippen LogP contribution in [0.25, 0.3) is 11.4 Å². The van der Waals surface area contributed by atoms with Gasteiger partial charge >= 0.3 is 0 Å². The maximum absolute atomic E-state index is 6.39. The Morgan fingerprint density at radius 3 is 2.40 bits per heavy atom. The summed E-state index contributed by atoms with van der Waals surface area (Å²) in [5, 5.41) is 6.00. The fourth-order valence-electron chi connectivity index (χ4n) is 3.26. The second kappa shape index (κ2) is 9.00. The van der Waals surface area contributed by atoms with Gasteiger partial charge in [-0.15, -0.1) is 0 Å². The molecule has 0 aliphatic carbocycles. The summed E-state index contributed by atoms with van der Waals surface area (Å²) in [6.07, 6.45) is 4.02. The van der Waals surface area contributed by atoms with E-state index in [4.69, 9.17) is 33.3 Å². The molecule has 2 aromatic heterocycles. The fourth-order valence-corrected chi connectivity index (χ4v) is 3.78. The van der Waals surface area contributed by atoms with Crippen molar-refractivity contribution in [3.8, 4) is 11.4 Å². The lowest BCUT2D eigenvalue weighted by Crippen LogP contribution is -2.10. The minimum atomic E-state index is 0.438. The van der Waals surface area contributed by atoms with Crippen molar-refractivity contribution in [1.82, 2.24) is 29.6 Å². The van der Waals surface area contributed by atoms with Gasteiger partial charge in [-0.2, -0.15) is 5.10 Å². The van der Waals surface area contributed by atoms with Crippen LogP contribution in [-0.4, -0.2) is 43.7 Å². The summed E-state index contributed by atoms with van der Waals surface area (Å²) in [4.78, 5) is 14.2. The smallest absolute Gasteiger partial charge is 0.181 e. The van der Waals surface area contributed by atoms with Crippen molar-refractivity contribution in [2.75, 3.05) is 14.1 Å². The molecule has 0 aliphatic heterocycles. The Bertz CT molecular complexity index is 1100. The van der Waals surface area contributed by atoms with Crippen LogP contribution in [0.4, 0.5) is 0 Å². The first-order valence-corrected chi connectivity index (χ1v) is 10.3. The monoisotopic (exact) mass is 440 g/mol. The van der Waals surface area contributed by atoms with Gasteiger partial charge in [0.2, 0.25) is 0 Å². The lowest BCUT2D eigenvalue weighted by molar-refractivity contribution is 0.402. The molecule has 0 amide bonds. The van der Waals surface area contributed by atoms with Crippen molar-refractivity contribution in [2.24, 2.45) is 0 Å². The molecule has 154 valence electrons. The third-order valence-corrected chi connectivity index (χ3v) is 5.44. The Morgan fingerprint density at radius 2 is 1.77 bits per heavy atom. The van der Waals surface area contributed by atoms with Gasteiger partial charge in [0.25, 0.3) is 0 Å². The highest BCUT2D eigenvalue weighted by atomic mass is 35.5. The van der Waals surface area contributed by atoms with E-state index in [1.807, 2.05) is 22.9 Å². The molecule has 0 radical (unpaired) electrons. The summed E-state index contributed by atoms with van der Waals surface area (Å²) in [6, 6.07) is 13.8. The Balaban J connectivity index is 1.68. The number of imidazole rings is 1. The third kappa shape index (κ3) is 4.73. The van der Waals surface area contributed by atoms with Crippen LogP contribution in [0.15, 0.2) is 55.0 Å². The molecule has 2 heterocycles. The van der Waals surface area contributed by atoms with E-state index in [1.54, 1.807) is 12.5 Å². The standard InChI is InChI=1S/C22H22Cl2N6/c1-29(2)12-15-6-8-16(9-7-15)22-27-21(10-17-11-25-14-26-17)30(28-22)13-18-19(23)4-3-5-20(18)24/h3-9,11,14H,10,12-13H2,1-2H3,(H,25,26). The first kappa shape index (κ1) is 20.6. The summed E-state index contributed by atoms with van der Waals surface area (Å²) < 4.78 is 1.86. The second-order valence-corrected chi connectivity index (χ2v) is 8.21. The number of rotatable bonds is 7. The molecule has 0 aliphatic rings. The molecule has 0 fully saturated rings. The van der Waals surface area contributed by atoms with Crippen LogP contribution in [0.2, 0.25) is 10.0 Å². The number of nitrogens with one attached hydrogen (secondary N) is 1. The lowest BCUT2D eigenvalue weighted by atomic mass is 10.1. The van der Waals surface area contributed by atoms with Gasteiger partial charge in [-0.1, -0.05) is 53.5 Å². The maximum atomic E-state index is 6.39. The Kier molecular flexibility index (Phi) is 6.18. The van der Waals surface area contributed by atoms with Crippen molar-refractivity contribution in [2.45, 2.75) is 19.5 Å². The predicted molar refractivity (Wildman–Crippen MR) is 120 cm³/mol. The maximum Gasteiger partial charge on any atom is 0.181 e. The third-order valence-electron chi connectivity index (χ3n) is 4.73. The molecular weight excluding hydrogens is 419 g/mol. The zero-order chi connectivity index (χ0) is 21.1. The largest absolute Gasteiger partial charge is 0.348 e. The zero-order valence-electron chi connectivity index (χ0n) is 16.8.